The van der Waals surface area contributed by atoms with E-state index in [0.29, 0.717) is 31.1 Å². The summed E-state index contributed by atoms with van der Waals surface area (Å²) in [5, 5.41) is 2.89. The van der Waals surface area contributed by atoms with Crippen molar-refractivity contribution in [1.29, 1.82) is 0 Å². The lowest BCUT2D eigenvalue weighted by Crippen LogP contribution is -2.35. The molecule has 1 N–H and O–H groups in total. The van der Waals surface area contributed by atoms with Crippen LogP contribution in [0.1, 0.15) is 49.8 Å². The third kappa shape index (κ3) is 5.23. The molecule has 8 heteroatoms. The molecule has 0 aromatic heterocycles. The lowest BCUT2D eigenvalue weighted by atomic mass is 9.87. The molecule has 0 radical (unpaired) electrons. The Morgan fingerprint density at radius 3 is 2.67 bits per heavy atom. The Bertz CT molecular complexity index is 1100. The third-order valence-electron chi connectivity index (χ3n) is 6.47. The van der Waals surface area contributed by atoms with Gasteiger partial charge in [-0.05, 0) is 75.4 Å². The maximum atomic E-state index is 13.2. The summed E-state index contributed by atoms with van der Waals surface area (Å²) >= 11 is 0. The van der Waals surface area contributed by atoms with Crippen LogP contribution in [0.5, 0.6) is 5.75 Å². The Morgan fingerprint density at radius 1 is 1.15 bits per heavy atom. The van der Waals surface area contributed by atoms with E-state index in [2.05, 4.69) is 28.4 Å². The van der Waals surface area contributed by atoms with Gasteiger partial charge < -0.3 is 10.1 Å². The van der Waals surface area contributed by atoms with Gasteiger partial charge in [0.05, 0.1) is 13.2 Å². The van der Waals surface area contributed by atoms with Gasteiger partial charge in [-0.1, -0.05) is 24.3 Å². The summed E-state index contributed by atoms with van der Waals surface area (Å²) < 4.78 is 33.5. The van der Waals surface area contributed by atoms with E-state index in [9.17, 15) is 13.2 Å². The number of nitrogens with one attached hydrogen (secondary N) is 1. The van der Waals surface area contributed by atoms with Crippen LogP contribution in [0.15, 0.2) is 47.4 Å². The minimum absolute atomic E-state index is 0.110. The molecule has 7 nitrogen and oxygen atoms in total. The molecule has 2 aliphatic rings. The van der Waals surface area contributed by atoms with E-state index in [-0.39, 0.29) is 23.4 Å². The number of sulfonamides is 1. The topological polar surface area (TPSA) is 79.0 Å². The summed E-state index contributed by atoms with van der Waals surface area (Å²) in [6.45, 7) is 3.43. The number of hydrogen-bond acceptors (Lipinski definition) is 5. The molecule has 4 rings (SSSR count). The lowest BCUT2D eigenvalue weighted by Gasteiger charge is -2.32. The van der Waals surface area contributed by atoms with Gasteiger partial charge in [-0.2, -0.15) is 4.31 Å². The van der Waals surface area contributed by atoms with Crippen molar-refractivity contribution in [2.45, 2.75) is 50.0 Å². The molecular formula is C25H33N3O4S. The molecule has 1 aliphatic carbocycles. The fourth-order valence-corrected chi connectivity index (χ4v) is 6.53. The van der Waals surface area contributed by atoms with Crippen LogP contribution in [0.4, 0.5) is 5.69 Å². The van der Waals surface area contributed by atoms with Crippen LogP contribution in [-0.4, -0.2) is 56.8 Å². The van der Waals surface area contributed by atoms with Gasteiger partial charge in [0.1, 0.15) is 10.6 Å². The predicted octanol–water partition coefficient (Wildman–Crippen LogP) is 3.82. The molecule has 0 unspecified atom stereocenters. The van der Waals surface area contributed by atoms with Crippen LogP contribution in [0.2, 0.25) is 0 Å². The molecule has 33 heavy (non-hydrogen) atoms. The quantitative estimate of drug-likeness (QED) is 0.633. The first-order valence-electron chi connectivity index (χ1n) is 11.7. The van der Waals surface area contributed by atoms with E-state index in [4.69, 9.17) is 4.74 Å². The Hall–Kier alpha value is -2.42. The van der Waals surface area contributed by atoms with Crippen LogP contribution in [0, 0.1) is 0 Å². The zero-order chi connectivity index (χ0) is 23.4. The second-order valence-electron chi connectivity index (χ2n) is 8.78. The highest BCUT2D eigenvalue weighted by Gasteiger charge is 2.31. The highest BCUT2D eigenvalue weighted by atomic mass is 32.2. The average molecular weight is 472 g/mol. The molecular weight excluding hydrogens is 438 g/mol. The first kappa shape index (κ1) is 23.7. The highest BCUT2D eigenvalue weighted by Crippen LogP contribution is 2.34. The fraction of sp³-hybridized carbons (Fsp3) is 0.480. The Labute approximate surface area is 196 Å². The minimum atomic E-state index is -3.68. The Kier molecular flexibility index (Phi) is 7.36. The van der Waals surface area contributed by atoms with Gasteiger partial charge >= 0.3 is 0 Å². The number of carbonyl (C=O) groups is 1. The van der Waals surface area contributed by atoms with Crippen LogP contribution in [0.3, 0.4) is 0 Å². The van der Waals surface area contributed by atoms with Gasteiger partial charge in [-0.15, -0.1) is 0 Å². The predicted molar refractivity (Wildman–Crippen MR) is 129 cm³/mol. The van der Waals surface area contributed by atoms with Crippen LogP contribution in [0.25, 0.3) is 0 Å². The van der Waals surface area contributed by atoms with Gasteiger partial charge in [-0.3, -0.25) is 9.69 Å². The smallest absolute Gasteiger partial charge is 0.246 e. The Morgan fingerprint density at radius 2 is 1.91 bits per heavy atom. The largest absolute Gasteiger partial charge is 0.492 e. The maximum absolute atomic E-state index is 13.2. The number of anilines is 1. The van der Waals surface area contributed by atoms with Crippen LogP contribution >= 0.6 is 0 Å². The summed E-state index contributed by atoms with van der Waals surface area (Å²) in [6.07, 6.45) is 4.91. The third-order valence-corrected chi connectivity index (χ3v) is 8.39. The number of ether oxygens (including phenoxy) is 1. The maximum Gasteiger partial charge on any atom is 0.246 e. The lowest BCUT2D eigenvalue weighted by molar-refractivity contribution is -0.117. The molecule has 0 saturated carbocycles. The summed E-state index contributed by atoms with van der Waals surface area (Å²) in [7, 11) is -1.71. The van der Waals surface area contributed by atoms with Crippen molar-refractivity contribution < 1.29 is 17.9 Å². The van der Waals surface area contributed by atoms with Crippen molar-refractivity contribution in [2.24, 2.45) is 0 Å². The number of fused-ring (bicyclic) bond motifs is 1. The van der Waals surface area contributed by atoms with Crippen molar-refractivity contribution in [2.75, 3.05) is 38.6 Å². The summed E-state index contributed by atoms with van der Waals surface area (Å²) in [6, 6.07) is 13.5. The number of benzene rings is 2. The molecule has 2 aromatic carbocycles. The SMILES string of the molecule is CCOc1ccc(NC(=O)CN(C)[C@@H]2CCCc3ccccc32)cc1S(=O)(=O)N1CCCC1. The fourth-order valence-electron chi connectivity index (χ4n) is 4.85. The van der Waals surface area contributed by atoms with Gasteiger partial charge in [0.2, 0.25) is 15.9 Å². The van der Waals surface area contributed by atoms with E-state index in [0.717, 1.165) is 32.1 Å². The number of rotatable bonds is 8. The molecule has 1 atom stereocenters. The van der Waals surface area contributed by atoms with Gasteiger partial charge in [0, 0.05) is 24.8 Å². The van der Waals surface area contributed by atoms with Gasteiger partial charge in [0.15, 0.2) is 0 Å². The molecule has 2 aromatic rings. The molecule has 1 heterocycles. The van der Waals surface area contributed by atoms with E-state index in [1.807, 2.05) is 20.0 Å². The second kappa shape index (κ2) is 10.2. The normalized spacial score (nSPS) is 18.8. The van der Waals surface area contributed by atoms with Crippen LogP contribution < -0.4 is 10.1 Å². The monoisotopic (exact) mass is 471 g/mol. The van der Waals surface area contributed by atoms with E-state index in [1.54, 1.807) is 12.1 Å². The average Bonchev–Trinajstić information content (AvgIpc) is 3.36. The molecule has 1 aliphatic heterocycles. The summed E-state index contributed by atoms with van der Waals surface area (Å²) in [5.74, 6) is 0.146. The number of carbonyl (C=O) groups excluding carboxylic acids is 1. The number of likely N-dealkylation sites (N-methyl/N-ethyl adjacent to an activating group) is 1. The highest BCUT2D eigenvalue weighted by molar-refractivity contribution is 7.89. The summed E-state index contributed by atoms with van der Waals surface area (Å²) in [5.41, 5.74) is 3.10. The summed E-state index contributed by atoms with van der Waals surface area (Å²) in [4.78, 5) is 15.0. The van der Waals surface area contributed by atoms with Crippen molar-refractivity contribution in [3.63, 3.8) is 0 Å². The molecule has 0 bridgehead atoms. The first-order valence-corrected chi connectivity index (χ1v) is 13.2. The Balaban J connectivity index is 1.49. The van der Waals surface area contributed by atoms with E-state index in [1.165, 1.54) is 21.5 Å². The standard InChI is InChI=1S/C25H33N3O4S/c1-3-32-23-14-13-20(17-24(23)33(30,31)28-15-6-7-16-28)26-25(29)18-27(2)22-12-8-10-19-9-4-5-11-21(19)22/h4-5,9,11,13-14,17,22H,3,6-8,10,12,15-16,18H2,1-2H3,(H,26,29)/t22-/m1/s1. The van der Waals surface area contributed by atoms with Gasteiger partial charge in [0.25, 0.3) is 0 Å². The van der Waals surface area contributed by atoms with Crippen molar-refractivity contribution in [3.05, 3.63) is 53.6 Å². The van der Waals surface area contributed by atoms with Crippen molar-refractivity contribution in [3.8, 4) is 5.75 Å². The van der Waals surface area contributed by atoms with Crippen molar-refractivity contribution >= 4 is 21.6 Å². The molecule has 1 amide bonds. The van der Waals surface area contributed by atoms with E-state index < -0.39 is 10.0 Å². The zero-order valence-electron chi connectivity index (χ0n) is 19.4. The molecule has 1 saturated heterocycles. The minimum Gasteiger partial charge on any atom is -0.492 e. The second-order valence-corrected chi connectivity index (χ2v) is 10.7. The number of hydrogen-bond donors (Lipinski definition) is 1. The number of amides is 1. The molecule has 1 fully saturated rings. The molecule has 178 valence electrons. The van der Waals surface area contributed by atoms with Crippen LogP contribution in [-0.2, 0) is 21.2 Å². The zero-order valence-corrected chi connectivity index (χ0v) is 20.2. The van der Waals surface area contributed by atoms with Gasteiger partial charge in [-0.25, -0.2) is 8.42 Å². The first-order chi connectivity index (χ1) is 15.9. The van der Waals surface area contributed by atoms with E-state index >= 15 is 0 Å². The molecule has 0 spiro atoms. The van der Waals surface area contributed by atoms with Crippen molar-refractivity contribution in [1.82, 2.24) is 9.21 Å². The number of nitrogens with zero attached hydrogens (tertiary/aromatic N) is 2. The number of aryl methyl sites for hydroxylation is 1.